The maximum atomic E-state index is 15.4. The Kier molecular flexibility index (Phi) is 24.7. The highest BCUT2D eigenvalue weighted by atomic mass is 16.6. The number of likely N-dealkylation sites (N-methyl/N-ethyl adjacent to an activating group) is 1. The van der Waals surface area contributed by atoms with Crippen molar-refractivity contribution in [2.45, 2.75) is 179 Å². The Morgan fingerprint density at radius 1 is 0.544 bits per heavy atom. The number of unbranched alkanes of at least 4 members (excludes halogenated alkanes) is 1. The average Bonchev–Trinajstić information content (AvgIpc) is 1.68. The van der Waals surface area contributed by atoms with Gasteiger partial charge in [0.2, 0.25) is 29.5 Å². The van der Waals surface area contributed by atoms with Gasteiger partial charge in [-0.25, -0.2) is 14.4 Å². The first kappa shape index (κ1) is 68.5. The van der Waals surface area contributed by atoms with Gasteiger partial charge < -0.3 is 60.7 Å². The first-order valence-corrected chi connectivity index (χ1v) is 30.9. The topological polar surface area (TPSA) is 265 Å². The minimum atomic E-state index is -1.50. The van der Waals surface area contributed by atoms with Crippen molar-refractivity contribution in [1.29, 1.82) is 0 Å². The Bertz CT molecular complexity index is 3330. The Morgan fingerprint density at radius 3 is 1.64 bits per heavy atom. The van der Waals surface area contributed by atoms with E-state index >= 15 is 19.2 Å². The van der Waals surface area contributed by atoms with Crippen molar-refractivity contribution in [1.82, 2.24) is 41.8 Å². The maximum Gasteiger partial charge on any atom is 0.408 e. The van der Waals surface area contributed by atoms with Crippen molar-refractivity contribution in [2.24, 2.45) is 0 Å². The lowest BCUT2D eigenvalue weighted by Gasteiger charge is -2.40. The molecule has 20 nitrogen and oxygen atoms in total. The predicted molar refractivity (Wildman–Crippen MR) is 342 cm³/mol. The number of fused-ring (bicyclic) bond motifs is 1. The molecule has 0 radical (unpaired) electrons. The first-order valence-electron chi connectivity index (χ1n) is 30.9. The fraction of sp³-hybridized carbons (Fsp3) is 0.429. The number of rotatable bonds is 29. The molecule has 7 amide bonds. The van der Waals surface area contributed by atoms with Gasteiger partial charge in [0.15, 0.2) is 0 Å². The fourth-order valence-corrected chi connectivity index (χ4v) is 11.0. The fourth-order valence-electron chi connectivity index (χ4n) is 11.0. The zero-order valence-electron chi connectivity index (χ0n) is 52.9. The van der Waals surface area contributed by atoms with Crippen molar-refractivity contribution >= 4 is 58.6 Å². The number of aromatic amines is 1. The van der Waals surface area contributed by atoms with E-state index in [0.29, 0.717) is 30.4 Å². The molecule has 1 heterocycles. The number of esters is 1. The quantitative estimate of drug-likeness (QED) is 0.0132. The molecule has 90 heavy (non-hydrogen) atoms. The Balaban J connectivity index is 1.16. The smallest absolute Gasteiger partial charge is 0.408 e. The van der Waals surface area contributed by atoms with Gasteiger partial charge >= 0.3 is 18.2 Å². The number of benzene rings is 5. The molecule has 6 unspecified atom stereocenters. The Hall–Kier alpha value is -9.04. The SMILES string of the molecule is CC(OC(C)(C)C)C(NC(=O)C(CCCCNC(=O)OC(C)(C)C)NC(=O)C(Cc1c[nH]c2ccccc12)NC(=O)OCc1ccccc1)C(=O)NC(Cc1ccccc1)C(=O)N(C)C1(C(=O)NC(Cc2ccccc2)C(=O)OCc2ccccc2)CCCC1. The molecule has 5 aromatic carbocycles. The third-order valence-corrected chi connectivity index (χ3v) is 15.5. The van der Waals surface area contributed by atoms with Crippen LogP contribution in [0.5, 0.6) is 0 Å². The molecule has 1 aliphatic carbocycles. The van der Waals surface area contributed by atoms with Gasteiger partial charge in [0.05, 0.1) is 11.7 Å². The summed E-state index contributed by atoms with van der Waals surface area (Å²) in [6.45, 7) is 12.3. The molecule has 480 valence electrons. The number of ether oxygens (including phenoxy) is 4. The minimum absolute atomic E-state index is 0.00427. The number of hydrogen-bond acceptors (Lipinski definition) is 12. The van der Waals surface area contributed by atoms with Gasteiger partial charge in [-0.15, -0.1) is 0 Å². The number of carbonyl (C=O) groups excluding carboxylic acids is 8. The molecule has 0 spiro atoms. The number of para-hydroxylation sites is 1. The van der Waals surface area contributed by atoms with E-state index in [2.05, 4.69) is 36.9 Å². The van der Waals surface area contributed by atoms with Crippen LogP contribution in [0.1, 0.15) is 121 Å². The second-order valence-corrected chi connectivity index (χ2v) is 24.9. The van der Waals surface area contributed by atoms with Crippen LogP contribution in [-0.4, -0.2) is 124 Å². The van der Waals surface area contributed by atoms with Crippen LogP contribution in [0.2, 0.25) is 0 Å². The number of carbonyl (C=O) groups is 8. The molecule has 0 aliphatic heterocycles. The van der Waals surface area contributed by atoms with Crippen molar-refractivity contribution in [3.63, 3.8) is 0 Å². The van der Waals surface area contributed by atoms with Crippen LogP contribution in [0.4, 0.5) is 9.59 Å². The summed E-state index contributed by atoms with van der Waals surface area (Å²) >= 11 is 0. The standard InChI is InChI=1S/C70H88N8O12/c1-47(89-68(2,3)4)59(77-60(79)55(37-23-26-40-71-66(85)90-69(5,6)7)73-61(80)56(43-52-44-72-54-36-22-21-35-53(52)54)76-67(86)88-46-51-33-19-12-20-34-51)62(81)74-57(41-48-27-13-9-14-28-48)63(82)78(8)70(38-24-25-39-70)65(84)75-58(42-49-29-15-10-16-30-49)64(83)87-45-50-31-17-11-18-32-50/h9-22,27-36,44,47,55-59,72H,23-26,37-43,45-46H2,1-8H3,(H,71,85)(H,73,80)(H,74,81)(H,75,84)(H,76,86)(H,77,79). The van der Waals surface area contributed by atoms with Crippen molar-refractivity contribution < 1.29 is 57.3 Å². The Morgan fingerprint density at radius 2 is 1.07 bits per heavy atom. The lowest BCUT2D eigenvalue weighted by molar-refractivity contribution is -0.153. The van der Waals surface area contributed by atoms with Crippen LogP contribution >= 0.6 is 0 Å². The molecule has 7 N–H and O–H groups in total. The molecule has 1 fully saturated rings. The number of nitrogens with zero attached hydrogens (tertiary/aromatic N) is 1. The van der Waals surface area contributed by atoms with E-state index in [1.54, 1.807) is 78.9 Å². The second kappa shape index (κ2) is 32.4. The third kappa shape index (κ3) is 20.8. The summed E-state index contributed by atoms with van der Waals surface area (Å²) in [5.41, 5.74) is 1.40. The van der Waals surface area contributed by atoms with Gasteiger partial charge in [-0.05, 0) is 114 Å². The number of nitrogens with one attached hydrogen (secondary N) is 7. The van der Waals surface area contributed by atoms with E-state index in [-0.39, 0.29) is 64.7 Å². The zero-order chi connectivity index (χ0) is 64.8. The van der Waals surface area contributed by atoms with E-state index in [1.165, 1.54) is 11.9 Å². The predicted octanol–water partition coefficient (Wildman–Crippen LogP) is 8.84. The third-order valence-electron chi connectivity index (χ3n) is 15.5. The minimum Gasteiger partial charge on any atom is -0.459 e. The highest BCUT2D eigenvalue weighted by molar-refractivity contribution is 5.98. The average molecular weight is 1230 g/mol. The van der Waals surface area contributed by atoms with Crippen LogP contribution in [0, 0.1) is 0 Å². The molecule has 1 aliphatic rings. The lowest BCUT2D eigenvalue weighted by Crippen LogP contribution is -2.65. The molecule has 7 rings (SSSR count). The van der Waals surface area contributed by atoms with E-state index in [9.17, 15) is 19.2 Å². The van der Waals surface area contributed by atoms with Gasteiger partial charge in [0.1, 0.15) is 54.6 Å². The van der Waals surface area contributed by atoms with Gasteiger partial charge in [-0.1, -0.05) is 152 Å². The number of alkyl carbamates (subject to hydrolysis) is 2. The normalized spacial score (nSPS) is 14.9. The van der Waals surface area contributed by atoms with Crippen molar-refractivity contribution in [3.05, 3.63) is 180 Å². The van der Waals surface area contributed by atoms with E-state index in [1.807, 2.05) is 121 Å². The summed E-state index contributed by atoms with van der Waals surface area (Å²) in [6.07, 6.45) is 1.57. The van der Waals surface area contributed by atoms with Crippen LogP contribution < -0.4 is 31.9 Å². The number of H-pyrrole nitrogens is 1. The monoisotopic (exact) mass is 1230 g/mol. The van der Waals surface area contributed by atoms with Crippen LogP contribution in [0.15, 0.2) is 152 Å². The Labute approximate surface area is 527 Å². The first-order chi connectivity index (χ1) is 43.0. The summed E-state index contributed by atoms with van der Waals surface area (Å²) < 4.78 is 23.2. The molecule has 0 bridgehead atoms. The number of aromatic nitrogens is 1. The molecule has 0 saturated heterocycles. The molecule has 6 atom stereocenters. The van der Waals surface area contributed by atoms with Crippen LogP contribution in [0.3, 0.4) is 0 Å². The zero-order valence-corrected chi connectivity index (χ0v) is 52.9. The summed E-state index contributed by atoms with van der Waals surface area (Å²) in [6, 6.07) is 37.4. The van der Waals surface area contributed by atoms with Crippen molar-refractivity contribution in [3.8, 4) is 0 Å². The van der Waals surface area contributed by atoms with E-state index in [0.717, 1.165) is 27.6 Å². The molecule has 20 heteroatoms. The number of amides is 7. The molecule has 1 aromatic heterocycles. The van der Waals surface area contributed by atoms with Gasteiger partial charge in [0.25, 0.3) is 0 Å². The number of hydrogen-bond donors (Lipinski definition) is 7. The maximum absolute atomic E-state index is 15.4. The van der Waals surface area contributed by atoms with Crippen LogP contribution in [-0.2, 0) is 80.2 Å². The van der Waals surface area contributed by atoms with E-state index in [4.69, 9.17) is 18.9 Å². The molecular weight excluding hydrogens is 1140 g/mol. The molecule has 6 aromatic rings. The summed E-state index contributed by atoms with van der Waals surface area (Å²) in [7, 11) is 1.53. The molecular formula is C70H88N8O12. The van der Waals surface area contributed by atoms with E-state index < -0.39 is 101 Å². The van der Waals surface area contributed by atoms with Gasteiger partial charge in [-0.2, -0.15) is 0 Å². The highest BCUT2D eigenvalue weighted by Crippen LogP contribution is 2.36. The second-order valence-electron chi connectivity index (χ2n) is 24.9. The van der Waals surface area contributed by atoms with Crippen LogP contribution in [0.25, 0.3) is 10.9 Å². The summed E-state index contributed by atoms with van der Waals surface area (Å²) in [4.78, 5) is 121. The van der Waals surface area contributed by atoms with Gasteiger partial charge in [0, 0.05) is 50.0 Å². The van der Waals surface area contributed by atoms with Crippen molar-refractivity contribution in [2.75, 3.05) is 13.6 Å². The van der Waals surface area contributed by atoms with Gasteiger partial charge in [-0.3, -0.25) is 24.0 Å². The highest BCUT2D eigenvalue weighted by Gasteiger charge is 2.49. The summed E-state index contributed by atoms with van der Waals surface area (Å²) in [5, 5.41) is 18.0. The largest absolute Gasteiger partial charge is 0.459 e. The lowest BCUT2D eigenvalue weighted by atomic mass is 9.91. The summed E-state index contributed by atoms with van der Waals surface area (Å²) in [5.74, 6) is -4.13. The molecule has 1 saturated carbocycles.